The van der Waals surface area contributed by atoms with E-state index in [0.717, 1.165) is 16.7 Å². The van der Waals surface area contributed by atoms with Crippen LogP contribution in [0.5, 0.6) is 0 Å². The SMILES string of the molecule is CCNC(c1cnccn1)c1cc(Br)ccc1I. The Balaban J connectivity index is 2.44. The summed E-state index contributed by atoms with van der Waals surface area (Å²) in [4.78, 5) is 8.55. The van der Waals surface area contributed by atoms with Crippen LogP contribution in [-0.4, -0.2) is 16.5 Å². The van der Waals surface area contributed by atoms with Crippen molar-refractivity contribution in [2.75, 3.05) is 6.54 Å². The third-order valence-electron chi connectivity index (χ3n) is 2.56. The lowest BCUT2D eigenvalue weighted by molar-refractivity contribution is 0.610. The van der Waals surface area contributed by atoms with Gasteiger partial charge < -0.3 is 5.32 Å². The molecule has 0 aliphatic carbocycles. The summed E-state index contributed by atoms with van der Waals surface area (Å²) in [6.07, 6.45) is 5.23. The predicted octanol–water partition coefficient (Wildman–Crippen LogP) is 3.54. The van der Waals surface area contributed by atoms with Crippen molar-refractivity contribution in [2.45, 2.75) is 13.0 Å². The van der Waals surface area contributed by atoms with Gasteiger partial charge in [0.05, 0.1) is 17.9 Å². The van der Waals surface area contributed by atoms with E-state index in [2.05, 4.69) is 72.9 Å². The van der Waals surface area contributed by atoms with Crippen LogP contribution in [0.2, 0.25) is 0 Å². The van der Waals surface area contributed by atoms with Crippen LogP contribution in [0.1, 0.15) is 24.2 Å². The molecule has 1 atom stereocenters. The van der Waals surface area contributed by atoms with E-state index in [9.17, 15) is 0 Å². The molecule has 0 aliphatic rings. The molecule has 3 nitrogen and oxygen atoms in total. The molecule has 2 rings (SSSR count). The first kappa shape index (κ1) is 13.9. The highest BCUT2D eigenvalue weighted by atomic mass is 127. The largest absolute Gasteiger partial charge is 0.305 e. The Kier molecular flexibility index (Phi) is 5.08. The minimum atomic E-state index is 0.0769. The molecule has 0 amide bonds. The molecule has 0 saturated carbocycles. The number of hydrogen-bond acceptors (Lipinski definition) is 3. The molecule has 0 saturated heterocycles. The van der Waals surface area contributed by atoms with Crippen LogP contribution >= 0.6 is 38.5 Å². The van der Waals surface area contributed by atoms with Crippen molar-refractivity contribution in [1.82, 2.24) is 15.3 Å². The second-order valence-electron chi connectivity index (χ2n) is 3.79. The van der Waals surface area contributed by atoms with Gasteiger partial charge in [-0.15, -0.1) is 0 Å². The smallest absolute Gasteiger partial charge is 0.0801 e. The average molecular weight is 418 g/mol. The summed E-state index contributed by atoms with van der Waals surface area (Å²) in [5.41, 5.74) is 2.16. The zero-order chi connectivity index (χ0) is 13.0. The lowest BCUT2D eigenvalue weighted by Gasteiger charge is -2.19. The van der Waals surface area contributed by atoms with E-state index in [0.29, 0.717) is 0 Å². The zero-order valence-electron chi connectivity index (χ0n) is 9.90. The summed E-state index contributed by atoms with van der Waals surface area (Å²) in [5, 5.41) is 3.46. The number of nitrogens with zero attached hydrogens (tertiary/aromatic N) is 2. The first-order chi connectivity index (χ1) is 8.72. The molecular weight excluding hydrogens is 405 g/mol. The topological polar surface area (TPSA) is 37.8 Å². The van der Waals surface area contributed by atoms with Gasteiger partial charge in [0.1, 0.15) is 0 Å². The molecule has 1 aromatic carbocycles. The fraction of sp³-hybridized carbons (Fsp3) is 0.231. The van der Waals surface area contributed by atoms with Gasteiger partial charge in [0.2, 0.25) is 0 Å². The van der Waals surface area contributed by atoms with Crippen molar-refractivity contribution in [3.8, 4) is 0 Å². The molecule has 0 fully saturated rings. The summed E-state index contributed by atoms with van der Waals surface area (Å²) in [7, 11) is 0. The molecule has 94 valence electrons. The highest BCUT2D eigenvalue weighted by Gasteiger charge is 2.17. The van der Waals surface area contributed by atoms with Crippen molar-refractivity contribution in [2.24, 2.45) is 0 Å². The minimum absolute atomic E-state index is 0.0769. The third-order valence-corrected chi connectivity index (χ3v) is 4.03. The van der Waals surface area contributed by atoms with Gasteiger partial charge in [-0.2, -0.15) is 0 Å². The molecule has 0 spiro atoms. The van der Waals surface area contributed by atoms with Gasteiger partial charge in [0, 0.05) is 20.4 Å². The Hall–Kier alpha value is -0.530. The number of nitrogens with one attached hydrogen (secondary N) is 1. The second kappa shape index (κ2) is 6.58. The van der Waals surface area contributed by atoms with E-state index in [1.165, 1.54) is 9.13 Å². The van der Waals surface area contributed by atoms with Crippen molar-refractivity contribution >= 4 is 38.5 Å². The number of aromatic nitrogens is 2. The molecule has 1 N–H and O–H groups in total. The van der Waals surface area contributed by atoms with Gasteiger partial charge in [-0.3, -0.25) is 9.97 Å². The maximum Gasteiger partial charge on any atom is 0.0801 e. The van der Waals surface area contributed by atoms with Crippen molar-refractivity contribution in [3.05, 3.63) is 56.1 Å². The Morgan fingerprint density at radius 3 is 2.89 bits per heavy atom. The fourth-order valence-corrected chi connectivity index (χ4v) is 2.80. The van der Waals surface area contributed by atoms with E-state index in [4.69, 9.17) is 0 Å². The standard InChI is InChI=1S/C13H13BrIN3/c1-2-17-13(12-8-16-5-6-18-12)10-7-9(14)3-4-11(10)15/h3-8,13,17H,2H2,1H3. The Bertz CT molecular complexity index is 519. The molecule has 0 aliphatic heterocycles. The highest BCUT2D eigenvalue weighted by Crippen LogP contribution is 2.27. The highest BCUT2D eigenvalue weighted by molar-refractivity contribution is 14.1. The maximum absolute atomic E-state index is 4.40. The molecule has 1 unspecified atom stereocenters. The zero-order valence-corrected chi connectivity index (χ0v) is 13.6. The summed E-state index contributed by atoms with van der Waals surface area (Å²) in [5.74, 6) is 0. The molecule has 0 radical (unpaired) electrons. The normalized spacial score (nSPS) is 12.4. The number of halogens is 2. The lowest BCUT2D eigenvalue weighted by atomic mass is 10.0. The first-order valence-corrected chi connectivity index (χ1v) is 7.53. The Labute approximate surface area is 129 Å². The summed E-state index contributed by atoms with van der Waals surface area (Å²) in [6.45, 7) is 2.97. The Morgan fingerprint density at radius 1 is 1.39 bits per heavy atom. The average Bonchev–Trinajstić information content (AvgIpc) is 2.40. The van der Waals surface area contributed by atoms with E-state index in [-0.39, 0.29) is 6.04 Å². The van der Waals surface area contributed by atoms with Crippen molar-refractivity contribution in [3.63, 3.8) is 0 Å². The van der Waals surface area contributed by atoms with Crippen LogP contribution in [0.3, 0.4) is 0 Å². The van der Waals surface area contributed by atoms with Crippen LogP contribution < -0.4 is 5.32 Å². The first-order valence-electron chi connectivity index (χ1n) is 5.66. The van der Waals surface area contributed by atoms with Gasteiger partial charge in [-0.25, -0.2) is 0 Å². The van der Waals surface area contributed by atoms with Gasteiger partial charge in [-0.1, -0.05) is 22.9 Å². The van der Waals surface area contributed by atoms with Crippen molar-refractivity contribution in [1.29, 1.82) is 0 Å². The molecule has 18 heavy (non-hydrogen) atoms. The molecule has 0 bridgehead atoms. The molecule has 2 aromatic rings. The van der Waals surface area contributed by atoms with Crippen LogP contribution in [0.25, 0.3) is 0 Å². The monoisotopic (exact) mass is 417 g/mol. The molecular formula is C13H13BrIN3. The summed E-state index contributed by atoms with van der Waals surface area (Å²) < 4.78 is 2.29. The number of benzene rings is 1. The van der Waals surface area contributed by atoms with Gasteiger partial charge >= 0.3 is 0 Å². The van der Waals surface area contributed by atoms with Crippen LogP contribution in [0.4, 0.5) is 0 Å². The van der Waals surface area contributed by atoms with Gasteiger partial charge in [-0.05, 0) is 52.9 Å². The van der Waals surface area contributed by atoms with E-state index in [1.807, 2.05) is 12.3 Å². The van der Waals surface area contributed by atoms with Crippen LogP contribution in [-0.2, 0) is 0 Å². The third kappa shape index (κ3) is 3.27. The molecule has 5 heteroatoms. The quantitative estimate of drug-likeness (QED) is 0.773. The van der Waals surface area contributed by atoms with E-state index < -0.39 is 0 Å². The predicted molar refractivity (Wildman–Crippen MR) is 84.4 cm³/mol. The van der Waals surface area contributed by atoms with Crippen LogP contribution in [0.15, 0.2) is 41.3 Å². The minimum Gasteiger partial charge on any atom is -0.305 e. The van der Waals surface area contributed by atoms with E-state index in [1.54, 1.807) is 12.4 Å². The van der Waals surface area contributed by atoms with Crippen molar-refractivity contribution < 1.29 is 0 Å². The number of rotatable bonds is 4. The summed E-state index contributed by atoms with van der Waals surface area (Å²) in [6, 6.07) is 6.35. The van der Waals surface area contributed by atoms with Crippen LogP contribution in [0, 0.1) is 3.57 Å². The molecule has 1 heterocycles. The lowest BCUT2D eigenvalue weighted by Crippen LogP contribution is -2.23. The fourth-order valence-electron chi connectivity index (χ4n) is 1.77. The second-order valence-corrected chi connectivity index (χ2v) is 5.86. The maximum atomic E-state index is 4.40. The Morgan fingerprint density at radius 2 is 2.22 bits per heavy atom. The van der Waals surface area contributed by atoms with Gasteiger partial charge in [0.15, 0.2) is 0 Å². The summed E-state index contributed by atoms with van der Waals surface area (Å²) >= 11 is 5.87. The van der Waals surface area contributed by atoms with E-state index >= 15 is 0 Å². The van der Waals surface area contributed by atoms with Gasteiger partial charge in [0.25, 0.3) is 0 Å². The molecule has 1 aromatic heterocycles. The number of hydrogen-bond donors (Lipinski definition) is 1.